The number of ether oxygens (including phenoxy) is 1. The minimum atomic E-state index is -1.16. The molecule has 30 heavy (non-hydrogen) atoms. The van der Waals surface area contributed by atoms with Crippen LogP contribution in [-0.4, -0.2) is 78.4 Å². The Labute approximate surface area is 174 Å². The van der Waals surface area contributed by atoms with Crippen LogP contribution < -0.4 is 26.2 Å². The molecule has 4 rings (SSSR count). The van der Waals surface area contributed by atoms with E-state index in [9.17, 15) is 19.7 Å². The molecule has 2 aliphatic heterocycles. The van der Waals surface area contributed by atoms with E-state index >= 15 is 0 Å². The third kappa shape index (κ3) is 3.85. The van der Waals surface area contributed by atoms with Crippen LogP contribution in [0.25, 0.3) is 0 Å². The Morgan fingerprint density at radius 2 is 2.17 bits per heavy atom. The molecule has 1 aromatic carbocycles. The molecule has 1 aliphatic carbocycles. The lowest BCUT2D eigenvalue weighted by molar-refractivity contribution is -0.127. The normalized spacial score (nSPS) is 24.6. The number of aromatic carboxylic acids is 1. The first-order valence-electron chi connectivity index (χ1n) is 10.1. The van der Waals surface area contributed by atoms with Gasteiger partial charge in [-0.05, 0) is 30.9 Å². The van der Waals surface area contributed by atoms with Crippen molar-refractivity contribution < 1.29 is 29.1 Å². The molecule has 162 valence electrons. The maximum absolute atomic E-state index is 12.1. The molecule has 1 saturated carbocycles. The minimum Gasteiger partial charge on any atom is -0.535 e. The fourth-order valence-electron chi connectivity index (χ4n) is 4.23. The number of carbonyl (C=O) groups is 2. The van der Waals surface area contributed by atoms with Gasteiger partial charge in [-0.15, -0.1) is 0 Å². The SMILES string of the molecule is C[C@@](N)(CN1CC(Oc2ccc3c(c2C(=O)O)OB(O)[C@H]2C[C@@H]32)C1)C(=O)NCCN. The number of amides is 1. The van der Waals surface area contributed by atoms with Crippen LogP contribution in [0.1, 0.15) is 35.2 Å². The second-order valence-electron chi connectivity index (χ2n) is 8.57. The van der Waals surface area contributed by atoms with Crippen molar-refractivity contribution in [3.05, 3.63) is 23.3 Å². The molecule has 2 fully saturated rings. The Morgan fingerprint density at radius 3 is 2.83 bits per heavy atom. The number of fused-ring (bicyclic) bond motifs is 3. The second-order valence-corrected chi connectivity index (χ2v) is 8.57. The summed E-state index contributed by atoms with van der Waals surface area (Å²) in [5.41, 5.74) is 11.2. The van der Waals surface area contributed by atoms with Crippen LogP contribution in [0.2, 0.25) is 5.82 Å². The number of likely N-dealkylation sites (tertiary alicyclic amines) is 1. The van der Waals surface area contributed by atoms with Gasteiger partial charge < -0.3 is 36.3 Å². The summed E-state index contributed by atoms with van der Waals surface area (Å²) in [6, 6.07) is 3.48. The number of hydrogen-bond donors (Lipinski definition) is 5. The molecular weight excluding hydrogens is 391 g/mol. The number of nitrogens with one attached hydrogen (secondary N) is 1. The van der Waals surface area contributed by atoms with E-state index in [4.69, 9.17) is 20.9 Å². The molecule has 0 bridgehead atoms. The van der Waals surface area contributed by atoms with E-state index in [1.165, 1.54) is 0 Å². The van der Waals surface area contributed by atoms with Gasteiger partial charge in [0.05, 0.1) is 0 Å². The van der Waals surface area contributed by atoms with E-state index < -0.39 is 18.6 Å². The fourth-order valence-corrected chi connectivity index (χ4v) is 4.23. The number of nitrogens with two attached hydrogens (primary N) is 2. The standard InChI is InChI=1S/C19H27BN4O6/c1-19(22,18(27)23-5-4-21)9-24-7-10(8-24)29-14-3-2-11-12-6-13(12)20(28)30-16(11)15(14)17(25)26/h2-3,10,12-13,28H,4-9,21-22H2,1H3,(H,23,27)(H,25,26)/t12-,13-,19+/m0/s1. The molecule has 0 spiro atoms. The first kappa shape index (κ1) is 20.9. The highest BCUT2D eigenvalue weighted by atomic mass is 16.5. The predicted octanol–water partition coefficient (Wildman–Crippen LogP) is -1.03. The molecule has 1 saturated heterocycles. The number of carbonyl (C=O) groups excluding carboxylic acids is 1. The van der Waals surface area contributed by atoms with Crippen LogP contribution >= 0.6 is 0 Å². The number of rotatable bonds is 8. The van der Waals surface area contributed by atoms with Crippen molar-refractivity contribution in [2.24, 2.45) is 11.5 Å². The smallest absolute Gasteiger partial charge is 0.526 e. The number of carboxylic acid groups (broad SMARTS) is 1. The van der Waals surface area contributed by atoms with Gasteiger partial charge in [0, 0.05) is 38.5 Å². The van der Waals surface area contributed by atoms with Crippen molar-refractivity contribution in [3.8, 4) is 11.5 Å². The van der Waals surface area contributed by atoms with Crippen molar-refractivity contribution in [1.82, 2.24) is 10.2 Å². The molecule has 3 aliphatic rings. The van der Waals surface area contributed by atoms with Crippen molar-refractivity contribution in [1.29, 1.82) is 0 Å². The van der Waals surface area contributed by atoms with Gasteiger partial charge in [0.25, 0.3) is 0 Å². The van der Waals surface area contributed by atoms with E-state index in [0.717, 1.165) is 12.0 Å². The van der Waals surface area contributed by atoms with Gasteiger partial charge in [0.15, 0.2) is 0 Å². The molecule has 1 aromatic rings. The zero-order valence-corrected chi connectivity index (χ0v) is 16.8. The summed E-state index contributed by atoms with van der Waals surface area (Å²) in [5.74, 6) is -0.826. The Hall–Kier alpha value is -2.34. The van der Waals surface area contributed by atoms with Gasteiger partial charge >= 0.3 is 13.1 Å². The lowest BCUT2D eigenvalue weighted by Gasteiger charge is -2.42. The summed E-state index contributed by atoms with van der Waals surface area (Å²) in [5, 5.41) is 22.4. The summed E-state index contributed by atoms with van der Waals surface area (Å²) < 4.78 is 11.4. The molecule has 10 nitrogen and oxygen atoms in total. The summed E-state index contributed by atoms with van der Waals surface area (Å²) in [7, 11) is -0.984. The van der Waals surface area contributed by atoms with E-state index in [0.29, 0.717) is 32.7 Å². The Morgan fingerprint density at radius 1 is 1.43 bits per heavy atom. The van der Waals surface area contributed by atoms with Crippen LogP contribution in [0.4, 0.5) is 0 Å². The summed E-state index contributed by atoms with van der Waals surface area (Å²) in [4.78, 5) is 26.0. The number of benzene rings is 1. The summed E-state index contributed by atoms with van der Waals surface area (Å²) >= 11 is 0. The second kappa shape index (κ2) is 7.73. The van der Waals surface area contributed by atoms with Crippen molar-refractivity contribution >= 4 is 19.0 Å². The Bertz CT molecular complexity index is 860. The topological polar surface area (TPSA) is 160 Å². The molecular formula is C19H27BN4O6. The highest BCUT2D eigenvalue weighted by Gasteiger charge is 2.54. The zero-order valence-electron chi connectivity index (χ0n) is 16.8. The van der Waals surface area contributed by atoms with Gasteiger partial charge in [0.2, 0.25) is 5.91 Å². The van der Waals surface area contributed by atoms with Gasteiger partial charge in [-0.25, -0.2) is 4.79 Å². The maximum Gasteiger partial charge on any atom is 0.526 e. The van der Waals surface area contributed by atoms with Crippen molar-refractivity contribution in [2.45, 2.75) is 36.7 Å². The zero-order chi connectivity index (χ0) is 21.6. The number of carboxylic acids is 1. The van der Waals surface area contributed by atoms with Crippen molar-refractivity contribution in [3.63, 3.8) is 0 Å². The molecule has 0 aromatic heterocycles. The Balaban J connectivity index is 1.39. The lowest BCUT2D eigenvalue weighted by Crippen LogP contribution is -2.64. The van der Waals surface area contributed by atoms with Crippen molar-refractivity contribution in [2.75, 3.05) is 32.7 Å². The summed E-state index contributed by atoms with van der Waals surface area (Å²) in [6.45, 7) is 3.75. The van der Waals surface area contributed by atoms with Gasteiger partial charge in [-0.1, -0.05) is 6.07 Å². The number of hydrogen-bond acceptors (Lipinski definition) is 8. The molecule has 1 amide bonds. The monoisotopic (exact) mass is 418 g/mol. The van der Waals surface area contributed by atoms with Crippen LogP contribution in [0.3, 0.4) is 0 Å². The molecule has 11 heteroatoms. The third-order valence-corrected chi connectivity index (χ3v) is 5.93. The van der Waals surface area contributed by atoms with E-state index in [2.05, 4.69) is 5.32 Å². The molecule has 7 N–H and O–H groups in total. The van der Waals surface area contributed by atoms with E-state index in [1.54, 1.807) is 13.0 Å². The first-order chi connectivity index (χ1) is 14.2. The molecule has 2 heterocycles. The van der Waals surface area contributed by atoms with Gasteiger partial charge in [-0.2, -0.15) is 0 Å². The highest BCUT2D eigenvalue weighted by molar-refractivity contribution is 6.48. The largest absolute Gasteiger partial charge is 0.535 e. The fraction of sp³-hybridized carbons (Fsp3) is 0.579. The molecule has 0 radical (unpaired) electrons. The third-order valence-electron chi connectivity index (χ3n) is 5.93. The molecule has 3 atom stereocenters. The highest BCUT2D eigenvalue weighted by Crippen LogP contribution is 2.60. The average Bonchev–Trinajstić information content (AvgIpc) is 3.45. The van der Waals surface area contributed by atoms with Crippen LogP contribution in [0.15, 0.2) is 12.1 Å². The average molecular weight is 418 g/mol. The maximum atomic E-state index is 12.1. The van der Waals surface area contributed by atoms with Gasteiger partial charge in [0.1, 0.15) is 28.7 Å². The predicted molar refractivity (Wildman–Crippen MR) is 109 cm³/mol. The van der Waals surface area contributed by atoms with E-state index in [1.807, 2.05) is 11.0 Å². The van der Waals surface area contributed by atoms with Crippen LogP contribution in [-0.2, 0) is 4.79 Å². The quantitative estimate of drug-likeness (QED) is 0.333. The summed E-state index contributed by atoms with van der Waals surface area (Å²) in [6.07, 6.45) is 0.563. The lowest BCUT2D eigenvalue weighted by atomic mass is 9.77. The first-order valence-corrected chi connectivity index (χ1v) is 10.1. The van der Waals surface area contributed by atoms with Crippen LogP contribution in [0, 0.1) is 0 Å². The number of nitrogens with zero attached hydrogens (tertiary/aromatic N) is 1. The minimum absolute atomic E-state index is 0.0405. The molecule has 0 unspecified atom stereocenters. The Kier molecular flexibility index (Phi) is 5.39. The van der Waals surface area contributed by atoms with Crippen LogP contribution in [0.5, 0.6) is 11.5 Å². The van der Waals surface area contributed by atoms with Gasteiger partial charge in [-0.3, -0.25) is 9.69 Å². The van der Waals surface area contributed by atoms with E-state index in [-0.39, 0.29) is 40.8 Å².